The van der Waals surface area contributed by atoms with Gasteiger partial charge in [-0.1, -0.05) is 0 Å². The molecule has 1 aromatic heterocycles. The first kappa shape index (κ1) is 22.8. The van der Waals surface area contributed by atoms with Crippen molar-refractivity contribution in [3.05, 3.63) is 42.2 Å². The highest BCUT2D eigenvalue weighted by Gasteiger charge is 2.34. The number of carbonyl (C=O) groups is 1. The van der Waals surface area contributed by atoms with Crippen LogP contribution in [0.15, 0.2) is 36.7 Å². The second-order valence-electron chi connectivity index (χ2n) is 8.76. The van der Waals surface area contributed by atoms with E-state index >= 15 is 0 Å². The fourth-order valence-electron chi connectivity index (χ4n) is 4.69. The monoisotopic (exact) mass is 477 g/mol. The van der Waals surface area contributed by atoms with Gasteiger partial charge in [0.1, 0.15) is 24.2 Å². The summed E-state index contributed by atoms with van der Waals surface area (Å²) in [7, 11) is 0. The molecule has 0 saturated carbocycles. The molecular weight excluding hydrogens is 451 g/mol. The Morgan fingerprint density at radius 3 is 2.68 bits per heavy atom. The van der Waals surface area contributed by atoms with E-state index in [9.17, 15) is 18.0 Å². The highest BCUT2D eigenvalue weighted by molar-refractivity contribution is 5.79. The van der Waals surface area contributed by atoms with Crippen molar-refractivity contribution in [1.29, 1.82) is 0 Å². The molecular formula is C24H26F3N3O4. The van der Waals surface area contributed by atoms with E-state index in [1.807, 2.05) is 4.90 Å². The smallest absolute Gasteiger partial charge is 0.417 e. The Morgan fingerprint density at radius 2 is 1.88 bits per heavy atom. The van der Waals surface area contributed by atoms with Gasteiger partial charge in [-0.05, 0) is 31.0 Å². The van der Waals surface area contributed by atoms with Crippen LogP contribution in [-0.4, -0.2) is 61.3 Å². The van der Waals surface area contributed by atoms with Gasteiger partial charge in [0.25, 0.3) is 0 Å². The maximum Gasteiger partial charge on any atom is 0.417 e. The van der Waals surface area contributed by atoms with Gasteiger partial charge in [-0.25, -0.2) is 0 Å². The van der Waals surface area contributed by atoms with Crippen LogP contribution in [0.1, 0.15) is 24.8 Å². The number of benzene rings is 1. The quantitative estimate of drug-likeness (QED) is 0.663. The van der Waals surface area contributed by atoms with E-state index < -0.39 is 11.7 Å². The zero-order valence-electron chi connectivity index (χ0n) is 18.6. The van der Waals surface area contributed by atoms with Crippen LogP contribution in [0, 0.1) is 5.92 Å². The number of fused-ring (bicyclic) bond motifs is 1. The third-order valence-corrected chi connectivity index (χ3v) is 6.49. The summed E-state index contributed by atoms with van der Waals surface area (Å²) in [6, 6.07) is 6.41. The summed E-state index contributed by atoms with van der Waals surface area (Å²) in [5.41, 5.74) is 0.161. The molecule has 3 aliphatic rings. The third kappa shape index (κ3) is 4.77. The molecule has 10 heteroatoms. The lowest BCUT2D eigenvalue weighted by molar-refractivity contribution is -0.138. The van der Waals surface area contributed by atoms with Crippen molar-refractivity contribution in [3.8, 4) is 11.5 Å². The SMILES string of the molecule is O=C(C1CCOCC1)N1CCC(Oc2ccc3c(c2)N(c2cncc(C(F)(F)F)c2)CCO3)C1. The summed E-state index contributed by atoms with van der Waals surface area (Å²) in [5, 5.41) is 0. The molecule has 3 aliphatic heterocycles. The molecule has 1 aromatic carbocycles. The number of anilines is 2. The van der Waals surface area contributed by atoms with Crippen LogP contribution >= 0.6 is 0 Å². The number of rotatable bonds is 4. The van der Waals surface area contributed by atoms with Crippen LogP contribution in [0.2, 0.25) is 0 Å². The summed E-state index contributed by atoms with van der Waals surface area (Å²) in [5.74, 6) is 1.33. The zero-order valence-corrected chi connectivity index (χ0v) is 18.6. The number of likely N-dealkylation sites (tertiary alicyclic amines) is 1. The van der Waals surface area contributed by atoms with Crippen molar-refractivity contribution < 1.29 is 32.2 Å². The predicted octanol–water partition coefficient (Wildman–Crippen LogP) is 4.04. The summed E-state index contributed by atoms with van der Waals surface area (Å²) in [6.45, 7) is 3.14. The van der Waals surface area contributed by atoms with Crippen molar-refractivity contribution in [2.45, 2.75) is 31.5 Å². The Labute approximate surface area is 195 Å². The molecule has 1 amide bonds. The summed E-state index contributed by atoms with van der Waals surface area (Å²) >= 11 is 0. The van der Waals surface area contributed by atoms with Crippen molar-refractivity contribution in [2.24, 2.45) is 5.92 Å². The average molecular weight is 477 g/mol. The number of halogens is 3. The fraction of sp³-hybridized carbons (Fsp3) is 0.500. The molecule has 0 N–H and O–H groups in total. The van der Waals surface area contributed by atoms with Crippen LogP contribution < -0.4 is 14.4 Å². The minimum Gasteiger partial charge on any atom is -0.490 e. The van der Waals surface area contributed by atoms with Gasteiger partial charge in [0.05, 0.1) is 36.2 Å². The molecule has 1 unspecified atom stereocenters. The Morgan fingerprint density at radius 1 is 1.06 bits per heavy atom. The van der Waals surface area contributed by atoms with E-state index in [2.05, 4.69) is 4.98 Å². The van der Waals surface area contributed by atoms with Gasteiger partial charge in [0.15, 0.2) is 0 Å². The molecule has 2 saturated heterocycles. The van der Waals surface area contributed by atoms with Gasteiger partial charge in [-0.2, -0.15) is 13.2 Å². The second-order valence-corrected chi connectivity index (χ2v) is 8.76. The zero-order chi connectivity index (χ0) is 23.7. The maximum absolute atomic E-state index is 13.2. The molecule has 0 radical (unpaired) electrons. The van der Waals surface area contributed by atoms with Gasteiger partial charge >= 0.3 is 6.18 Å². The summed E-state index contributed by atoms with van der Waals surface area (Å²) in [4.78, 5) is 20.2. The van der Waals surface area contributed by atoms with Gasteiger partial charge in [-0.15, -0.1) is 0 Å². The van der Waals surface area contributed by atoms with Crippen molar-refractivity contribution in [3.63, 3.8) is 0 Å². The third-order valence-electron chi connectivity index (χ3n) is 6.49. The lowest BCUT2D eigenvalue weighted by Crippen LogP contribution is -2.38. The van der Waals surface area contributed by atoms with E-state index in [0.29, 0.717) is 62.3 Å². The molecule has 2 fully saturated rings. The number of aromatic nitrogens is 1. The molecule has 182 valence electrons. The Bertz CT molecular complexity index is 1040. The lowest BCUT2D eigenvalue weighted by atomic mass is 9.99. The molecule has 5 rings (SSSR count). The Kier molecular flexibility index (Phi) is 6.24. The molecule has 7 nitrogen and oxygen atoms in total. The molecule has 1 atom stereocenters. The largest absolute Gasteiger partial charge is 0.490 e. The number of carbonyl (C=O) groups excluding carboxylic acids is 1. The van der Waals surface area contributed by atoms with Gasteiger partial charge in [-0.3, -0.25) is 9.78 Å². The van der Waals surface area contributed by atoms with Crippen LogP contribution in [0.4, 0.5) is 24.5 Å². The van der Waals surface area contributed by atoms with E-state index in [-0.39, 0.29) is 17.9 Å². The second kappa shape index (κ2) is 9.32. The first-order valence-corrected chi connectivity index (χ1v) is 11.5. The van der Waals surface area contributed by atoms with E-state index in [0.717, 1.165) is 31.5 Å². The maximum atomic E-state index is 13.2. The van der Waals surface area contributed by atoms with Crippen molar-refractivity contribution >= 4 is 17.3 Å². The first-order valence-electron chi connectivity index (χ1n) is 11.5. The minimum absolute atomic E-state index is 0.0167. The van der Waals surface area contributed by atoms with Crippen molar-refractivity contribution in [2.75, 3.05) is 44.4 Å². The van der Waals surface area contributed by atoms with Crippen LogP contribution in [0.3, 0.4) is 0 Å². The van der Waals surface area contributed by atoms with Gasteiger partial charge < -0.3 is 24.0 Å². The topological polar surface area (TPSA) is 64.1 Å². The minimum atomic E-state index is -4.47. The van der Waals surface area contributed by atoms with Crippen LogP contribution in [-0.2, 0) is 15.7 Å². The molecule has 0 bridgehead atoms. The molecule has 4 heterocycles. The average Bonchev–Trinajstić information content (AvgIpc) is 3.31. The number of alkyl halides is 3. The first-order chi connectivity index (χ1) is 16.4. The number of ether oxygens (including phenoxy) is 3. The normalized spacial score (nSPS) is 21.2. The van der Waals surface area contributed by atoms with Crippen LogP contribution in [0.25, 0.3) is 0 Å². The van der Waals surface area contributed by atoms with E-state index in [1.165, 1.54) is 6.20 Å². The number of nitrogens with zero attached hydrogens (tertiary/aromatic N) is 3. The highest BCUT2D eigenvalue weighted by atomic mass is 19.4. The number of hydrogen-bond acceptors (Lipinski definition) is 6. The van der Waals surface area contributed by atoms with Crippen LogP contribution in [0.5, 0.6) is 11.5 Å². The lowest BCUT2D eigenvalue weighted by Gasteiger charge is -2.32. The molecule has 2 aromatic rings. The molecule has 0 aliphatic carbocycles. The number of amides is 1. The van der Waals surface area contributed by atoms with E-state index in [4.69, 9.17) is 14.2 Å². The molecule has 0 spiro atoms. The molecule has 34 heavy (non-hydrogen) atoms. The van der Waals surface area contributed by atoms with E-state index in [1.54, 1.807) is 23.1 Å². The Hall–Kier alpha value is -3.01. The van der Waals surface area contributed by atoms with Gasteiger partial charge in [0.2, 0.25) is 5.91 Å². The number of pyridine rings is 1. The van der Waals surface area contributed by atoms with Gasteiger partial charge in [0, 0.05) is 44.4 Å². The fourth-order valence-corrected chi connectivity index (χ4v) is 4.69. The summed E-state index contributed by atoms with van der Waals surface area (Å²) in [6.07, 6.45) is -0.150. The highest BCUT2D eigenvalue weighted by Crippen LogP contribution is 2.40. The summed E-state index contributed by atoms with van der Waals surface area (Å²) < 4.78 is 56.8. The Balaban J connectivity index is 1.30. The van der Waals surface area contributed by atoms with Crippen molar-refractivity contribution in [1.82, 2.24) is 9.88 Å². The predicted molar refractivity (Wildman–Crippen MR) is 117 cm³/mol. The number of hydrogen-bond donors (Lipinski definition) is 0. The standard InChI is InChI=1S/C24H26F3N3O4/c25-24(26,27)17-11-18(14-28-13-17)30-7-10-33-22-2-1-19(12-21(22)30)34-20-3-6-29(15-20)23(31)16-4-8-32-9-5-16/h1-2,11-14,16,20H,3-10,15H2.